The molecule has 1 heterocycles. The van der Waals surface area contributed by atoms with Gasteiger partial charge in [-0.05, 0) is 34.7 Å². The second-order valence-corrected chi connectivity index (χ2v) is 6.08. The molecule has 0 bridgehead atoms. The summed E-state index contributed by atoms with van der Waals surface area (Å²) in [4.78, 5) is 16.4. The van der Waals surface area contributed by atoms with Crippen LogP contribution in [-0.4, -0.2) is 66.6 Å². The molecule has 1 fully saturated rings. The van der Waals surface area contributed by atoms with E-state index in [-0.39, 0.29) is 11.9 Å². The number of amides is 1. The fraction of sp³-hybridized carbons (Fsp3) is 0.923. The van der Waals surface area contributed by atoms with E-state index in [4.69, 9.17) is 5.73 Å². The molecule has 2 unspecified atom stereocenters. The molecular weight excluding hydrogens is 228 g/mol. The standard InChI is InChI=1S/C13H28N4O/c1-10(2)15-13(4,12(14)18)9-17-7-6-16(5)8-11(17)3/h10-11,15H,6-9H2,1-5H3,(H2,14,18). The van der Waals surface area contributed by atoms with Crippen molar-refractivity contribution < 1.29 is 4.79 Å². The van der Waals surface area contributed by atoms with E-state index in [1.807, 2.05) is 20.8 Å². The summed E-state index contributed by atoms with van der Waals surface area (Å²) in [6.07, 6.45) is 0. The lowest BCUT2D eigenvalue weighted by Gasteiger charge is -2.43. The van der Waals surface area contributed by atoms with Gasteiger partial charge in [-0.2, -0.15) is 0 Å². The Morgan fingerprint density at radius 3 is 2.56 bits per heavy atom. The summed E-state index contributed by atoms with van der Waals surface area (Å²) in [5.74, 6) is -0.276. The maximum Gasteiger partial charge on any atom is 0.238 e. The maximum absolute atomic E-state index is 11.7. The number of hydrogen-bond donors (Lipinski definition) is 2. The normalized spacial score (nSPS) is 26.2. The molecular formula is C13H28N4O. The number of hydrogen-bond acceptors (Lipinski definition) is 4. The quantitative estimate of drug-likeness (QED) is 0.719. The molecule has 18 heavy (non-hydrogen) atoms. The molecule has 0 aromatic carbocycles. The highest BCUT2D eigenvalue weighted by Gasteiger charge is 2.36. The predicted molar refractivity (Wildman–Crippen MR) is 74.4 cm³/mol. The van der Waals surface area contributed by atoms with Crippen LogP contribution < -0.4 is 11.1 Å². The molecule has 5 heteroatoms. The first-order valence-electron chi connectivity index (χ1n) is 6.75. The van der Waals surface area contributed by atoms with E-state index in [0.717, 1.165) is 19.6 Å². The Labute approximate surface area is 111 Å². The summed E-state index contributed by atoms with van der Waals surface area (Å²) >= 11 is 0. The minimum Gasteiger partial charge on any atom is -0.368 e. The van der Waals surface area contributed by atoms with E-state index in [2.05, 4.69) is 29.1 Å². The molecule has 1 amide bonds. The van der Waals surface area contributed by atoms with Gasteiger partial charge in [0, 0.05) is 38.3 Å². The van der Waals surface area contributed by atoms with Crippen LogP contribution in [0, 0.1) is 0 Å². The van der Waals surface area contributed by atoms with E-state index < -0.39 is 5.54 Å². The molecule has 0 aromatic heterocycles. The molecule has 2 atom stereocenters. The molecule has 0 radical (unpaired) electrons. The van der Waals surface area contributed by atoms with Gasteiger partial charge in [0.2, 0.25) is 5.91 Å². The lowest BCUT2D eigenvalue weighted by molar-refractivity contribution is -0.125. The Kier molecular flexibility index (Phi) is 5.13. The average Bonchev–Trinajstić information content (AvgIpc) is 2.21. The molecule has 0 saturated carbocycles. The fourth-order valence-corrected chi connectivity index (χ4v) is 2.65. The first kappa shape index (κ1) is 15.4. The molecule has 1 saturated heterocycles. The Hall–Kier alpha value is -0.650. The van der Waals surface area contributed by atoms with Gasteiger partial charge in [-0.15, -0.1) is 0 Å². The van der Waals surface area contributed by atoms with Gasteiger partial charge in [-0.1, -0.05) is 0 Å². The molecule has 106 valence electrons. The number of primary amides is 1. The van der Waals surface area contributed by atoms with Gasteiger partial charge in [-0.25, -0.2) is 0 Å². The van der Waals surface area contributed by atoms with Gasteiger partial charge in [0.05, 0.1) is 0 Å². The van der Waals surface area contributed by atoms with Crippen molar-refractivity contribution in [2.24, 2.45) is 5.73 Å². The van der Waals surface area contributed by atoms with E-state index in [1.54, 1.807) is 0 Å². The highest BCUT2D eigenvalue weighted by atomic mass is 16.1. The number of carbonyl (C=O) groups excluding carboxylic acids is 1. The Morgan fingerprint density at radius 2 is 2.11 bits per heavy atom. The zero-order valence-electron chi connectivity index (χ0n) is 12.4. The zero-order chi connectivity index (χ0) is 13.9. The third-order valence-electron chi connectivity index (χ3n) is 3.64. The van der Waals surface area contributed by atoms with E-state index in [9.17, 15) is 4.79 Å². The van der Waals surface area contributed by atoms with Crippen molar-refractivity contribution in [3.05, 3.63) is 0 Å². The van der Waals surface area contributed by atoms with E-state index in [1.165, 1.54) is 0 Å². The van der Waals surface area contributed by atoms with Crippen LogP contribution >= 0.6 is 0 Å². The van der Waals surface area contributed by atoms with Crippen molar-refractivity contribution >= 4 is 5.91 Å². The third kappa shape index (κ3) is 3.93. The first-order valence-corrected chi connectivity index (χ1v) is 6.75. The van der Waals surface area contributed by atoms with Gasteiger partial charge in [0.15, 0.2) is 0 Å². The highest BCUT2D eigenvalue weighted by molar-refractivity contribution is 5.84. The number of carbonyl (C=O) groups is 1. The minimum atomic E-state index is -0.654. The summed E-state index contributed by atoms with van der Waals surface area (Å²) < 4.78 is 0. The number of rotatable bonds is 5. The van der Waals surface area contributed by atoms with Crippen LogP contribution in [0.15, 0.2) is 0 Å². The first-order chi connectivity index (χ1) is 8.24. The Morgan fingerprint density at radius 1 is 1.50 bits per heavy atom. The van der Waals surface area contributed by atoms with Crippen molar-refractivity contribution in [2.75, 3.05) is 33.2 Å². The van der Waals surface area contributed by atoms with Gasteiger partial charge in [-0.3, -0.25) is 9.69 Å². The lowest BCUT2D eigenvalue weighted by atomic mass is 9.98. The average molecular weight is 256 g/mol. The molecule has 3 N–H and O–H groups in total. The number of piperazine rings is 1. The minimum absolute atomic E-state index is 0.241. The Bertz CT molecular complexity index is 295. The topological polar surface area (TPSA) is 61.6 Å². The van der Waals surface area contributed by atoms with E-state index >= 15 is 0 Å². The van der Waals surface area contributed by atoms with Crippen LogP contribution in [0.5, 0.6) is 0 Å². The summed E-state index contributed by atoms with van der Waals surface area (Å²) in [5.41, 5.74) is 4.92. The number of nitrogens with zero attached hydrogens (tertiary/aromatic N) is 2. The fourth-order valence-electron chi connectivity index (χ4n) is 2.65. The number of likely N-dealkylation sites (N-methyl/N-ethyl adjacent to an activating group) is 1. The van der Waals surface area contributed by atoms with Crippen LogP contribution in [0.1, 0.15) is 27.7 Å². The highest BCUT2D eigenvalue weighted by Crippen LogP contribution is 2.14. The second kappa shape index (κ2) is 5.99. The van der Waals surface area contributed by atoms with Crippen molar-refractivity contribution in [1.29, 1.82) is 0 Å². The number of nitrogens with one attached hydrogen (secondary N) is 1. The second-order valence-electron chi connectivity index (χ2n) is 6.08. The summed E-state index contributed by atoms with van der Waals surface area (Å²) in [7, 11) is 2.13. The molecule has 5 nitrogen and oxygen atoms in total. The van der Waals surface area contributed by atoms with Crippen LogP contribution in [0.4, 0.5) is 0 Å². The van der Waals surface area contributed by atoms with Crippen molar-refractivity contribution in [2.45, 2.75) is 45.3 Å². The summed E-state index contributed by atoms with van der Waals surface area (Å²) in [5, 5.41) is 3.30. The van der Waals surface area contributed by atoms with Crippen molar-refractivity contribution in [1.82, 2.24) is 15.1 Å². The van der Waals surface area contributed by atoms with Gasteiger partial charge >= 0.3 is 0 Å². The van der Waals surface area contributed by atoms with Gasteiger partial charge in [0.1, 0.15) is 5.54 Å². The predicted octanol–water partition coefficient (Wildman–Crippen LogP) is -0.136. The zero-order valence-corrected chi connectivity index (χ0v) is 12.4. The molecule has 0 aromatic rings. The maximum atomic E-state index is 11.7. The smallest absolute Gasteiger partial charge is 0.238 e. The largest absolute Gasteiger partial charge is 0.368 e. The summed E-state index contributed by atoms with van der Waals surface area (Å²) in [6.45, 7) is 11.9. The van der Waals surface area contributed by atoms with E-state index in [0.29, 0.717) is 12.6 Å². The Balaban J connectivity index is 2.69. The van der Waals surface area contributed by atoms with Crippen LogP contribution in [0.2, 0.25) is 0 Å². The molecule has 1 aliphatic heterocycles. The van der Waals surface area contributed by atoms with Crippen LogP contribution in [0.3, 0.4) is 0 Å². The molecule has 0 aliphatic carbocycles. The molecule has 1 rings (SSSR count). The lowest BCUT2D eigenvalue weighted by Crippen LogP contribution is -2.64. The van der Waals surface area contributed by atoms with Crippen molar-refractivity contribution in [3.8, 4) is 0 Å². The van der Waals surface area contributed by atoms with Crippen LogP contribution in [-0.2, 0) is 4.79 Å². The number of nitrogens with two attached hydrogens (primary N) is 1. The summed E-state index contributed by atoms with van der Waals surface area (Å²) in [6, 6.07) is 0.696. The third-order valence-corrected chi connectivity index (χ3v) is 3.64. The monoisotopic (exact) mass is 256 g/mol. The van der Waals surface area contributed by atoms with Gasteiger partial charge in [0.25, 0.3) is 0 Å². The molecule has 0 spiro atoms. The van der Waals surface area contributed by atoms with Gasteiger partial charge < -0.3 is 16.0 Å². The van der Waals surface area contributed by atoms with Crippen LogP contribution in [0.25, 0.3) is 0 Å². The van der Waals surface area contributed by atoms with Crippen molar-refractivity contribution in [3.63, 3.8) is 0 Å². The molecule has 1 aliphatic rings. The SMILES string of the molecule is CC(C)NC(C)(CN1CCN(C)CC1C)C(N)=O.